The van der Waals surface area contributed by atoms with Crippen LogP contribution < -0.4 is 15.6 Å². The van der Waals surface area contributed by atoms with Crippen molar-refractivity contribution in [1.82, 2.24) is 14.9 Å². The van der Waals surface area contributed by atoms with Crippen molar-refractivity contribution in [1.29, 1.82) is 0 Å². The number of nitrogens with zero attached hydrogens (tertiary/aromatic N) is 2. The standard InChI is InChI=1S/C22H30N4O2/c1-17-18(2)24-22(25-21(17)27)23-11-4-7-14-28-20-10-8-9-19(15-20)16-26-12-5-3-6-13-26/h4,7-10,15H,3,5-6,11-14,16H2,1-2H3,(H2,23,24,25,27). The van der Waals surface area contributed by atoms with E-state index in [2.05, 4.69) is 38.4 Å². The molecule has 0 spiro atoms. The number of nitrogens with one attached hydrogen (secondary N) is 2. The molecule has 28 heavy (non-hydrogen) atoms. The molecule has 1 aromatic carbocycles. The van der Waals surface area contributed by atoms with Crippen molar-refractivity contribution in [3.05, 3.63) is 63.6 Å². The fourth-order valence-electron chi connectivity index (χ4n) is 3.29. The molecule has 0 unspecified atom stereocenters. The maximum absolute atomic E-state index is 11.7. The number of aromatic amines is 1. The third-order valence-corrected chi connectivity index (χ3v) is 5.05. The summed E-state index contributed by atoms with van der Waals surface area (Å²) in [6, 6.07) is 8.35. The molecular formula is C22H30N4O2. The smallest absolute Gasteiger partial charge is 0.255 e. The summed E-state index contributed by atoms with van der Waals surface area (Å²) in [7, 11) is 0. The summed E-state index contributed by atoms with van der Waals surface area (Å²) in [5.74, 6) is 1.39. The molecule has 2 aromatic rings. The lowest BCUT2D eigenvalue weighted by Gasteiger charge is -2.26. The van der Waals surface area contributed by atoms with Gasteiger partial charge in [0.2, 0.25) is 5.95 Å². The first-order valence-electron chi connectivity index (χ1n) is 10.0. The number of aryl methyl sites for hydroxylation is 1. The number of aromatic nitrogens is 2. The third-order valence-electron chi connectivity index (χ3n) is 5.05. The van der Waals surface area contributed by atoms with E-state index in [-0.39, 0.29) is 5.56 Å². The zero-order chi connectivity index (χ0) is 19.8. The highest BCUT2D eigenvalue weighted by atomic mass is 16.5. The molecule has 6 heteroatoms. The van der Waals surface area contributed by atoms with Crippen molar-refractivity contribution >= 4 is 5.95 Å². The zero-order valence-electron chi connectivity index (χ0n) is 16.8. The molecule has 1 aliphatic rings. The minimum atomic E-state index is -0.105. The van der Waals surface area contributed by atoms with Gasteiger partial charge in [0.15, 0.2) is 0 Å². The zero-order valence-corrected chi connectivity index (χ0v) is 16.8. The molecule has 2 N–H and O–H groups in total. The summed E-state index contributed by atoms with van der Waals surface area (Å²) in [5, 5.41) is 3.09. The molecule has 1 saturated heterocycles. The molecule has 1 fully saturated rings. The van der Waals surface area contributed by atoms with Crippen LogP contribution in [0.25, 0.3) is 0 Å². The number of likely N-dealkylation sites (tertiary alicyclic amines) is 1. The van der Waals surface area contributed by atoms with Gasteiger partial charge in [0.1, 0.15) is 12.4 Å². The molecule has 0 saturated carbocycles. The minimum absolute atomic E-state index is 0.105. The maximum atomic E-state index is 11.7. The predicted molar refractivity (Wildman–Crippen MR) is 113 cm³/mol. The second kappa shape index (κ2) is 10.1. The van der Waals surface area contributed by atoms with Gasteiger partial charge in [-0.05, 0) is 63.6 Å². The van der Waals surface area contributed by atoms with Gasteiger partial charge in [-0.2, -0.15) is 0 Å². The molecule has 1 aliphatic heterocycles. The van der Waals surface area contributed by atoms with Gasteiger partial charge in [0.25, 0.3) is 5.56 Å². The maximum Gasteiger partial charge on any atom is 0.255 e. The van der Waals surface area contributed by atoms with Crippen LogP contribution in [0.1, 0.15) is 36.1 Å². The van der Waals surface area contributed by atoms with Crippen molar-refractivity contribution < 1.29 is 4.74 Å². The van der Waals surface area contributed by atoms with E-state index in [4.69, 9.17) is 4.74 Å². The van der Waals surface area contributed by atoms with Gasteiger partial charge in [0, 0.05) is 24.3 Å². The lowest BCUT2D eigenvalue weighted by Crippen LogP contribution is -2.29. The Balaban J connectivity index is 1.42. The van der Waals surface area contributed by atoms with Crippen LogP contribution >= 0.6 is 0 Å². The Morgan fingerprint density at radius 2 is 2.04 bits per heavy atom. The summed E-state index contributed by atoms with van der Waals surface area (Å²) >= 11 is 0. The molecule has 0 bridgehead atoms. The van der Waals surface area contributed by atoms with E-state index in [1.54, 1.807) is 6.92 Å². The van der Waals surface area contributed by atoms with E-state index in [9.17, 15) is 4.79 Å². The van der Waals surface area contributed by atoms with Crippen molar-refractivity contribution in [2.75, 3.05) is 31.6 Å². The summed E-state index contributed by atoms with van der Waals surface area (Å²) in [6.45, 7) is 8.07. The summed E-state index contributed by atoms with van der Waals surface area (Å²) in [5.41, 5.74) is 2.58. The fraction of sp³-hybridized carbons (Fsp3) is 0.455. The van der Waals surface area contributed by atoms with Crippen LogP contribution in [0.2, 0.25) is 0 Å². The Labute approximate surface area is 166 Å². The van der Waals surface area contributed by atoms with Crippen molar-refractivity contribution in [2.24, 2.45) is 0 Å². The highest BCUT2D eigenvalue weighted by molar-refractivity contribution is 5.30. The Hall–Kier alpha value is -2.60. The van der Waals surface area contributed by atoms with E-state index in [0.717, 1.165) is 18.0 Å². The van der Waals surface area contributed by atoms with E-state index < -0.39 is 0 Å². The molecule has 1 aromatic heterocycles. The lowest BCUT2D eigenvalue weighted by atomic mass is 10.1. The largest absolute Gasteiger partial charge is 0.490 e. The van der Waals surface area contributed by atoms with Crippen LogP contribution in [0, 0.1) is 13.8 Å². The molecule has 0 atom stereocenters. The topological polar surface area (TPSA) is 70.2 Å². The molecule has 0 amide bonds. The van der Waals surface area contributed by atoms with E-state index in [1.807, 2.05) is 25.1 Å². The van der Waals surface area contributed by atoms with Crippen molar-refractivity contribution in [3.8, 4) is 5.75 Å². The molecule has 3 rings (SSSR count). The van der Waals surface area contributed by atoms with Crippen LogP contribution in [0.4, 0.5) is 5.95 Å². The number of anilines is 1. The van der Waals surface area contributed by atoms with Crippen molar-refractivity contribution in [3.63, 3.8) is 0 Å². The quantitative estimate of drug-likeness (QED) is 0.685. The molecular weight excluding hydrogens is 352 g/mol. The predicted octanol–water partition coefficient (Wildman–Crippen LogP) is 3.42. The first-order chi connectivity index (χ1) is 13.6. The van der Waals surface area contributed by atoms with Gasteiger partial charge in [-0.15, -0.1) is 0 Å². The van der Waals surface area contributed by atoms with Gasteiger partial charge in [0.05, 0.1) is 0 Å². The second-order valence-corrected chi connectivity index (χ2v) is 7.27. The van der Waals surface area contributed by atoms with Gasteiger partial charge in [-0.25, -0.2) is 4.98 Å². The first-order valence-corrected chi connectivity index (χ1v) is 10.0. The SMILES string of the molecule is Cc1nc(NCC=CCOc2cccc(CN3CCCCC3)c2)[nH]c(=O)c1C. The normalized spacial score (nSPS) is 15.1. The van der Waals surface area contributed by atoms with Crippen LogP contribution in [0.3, 0.4) is 0 Å². The van der Waals surface area contributed by atoms with E-state index >= 15 is 0 Å². The number of H-pyrrole nitrogens is 1. The Morgan fingerprint density at radius 1 is 1.21 bits per heavy atom. The Kier molecular flexibility index (Phi) is 7.25. The molecule has 6 nitrogen and oxygen atoms in total. The summed E-state index contributed by atoms with van der Waals surface area (Å²) < 4.78 is 5.84. The van der Waals surface area contributed by atoms with Gasteiger partial charge < -0.3 is 10.1 Å². The van der Waals surface area contributed by atoms with Gasteiger partial charge in [-0.1, -0.05) is 24.6 Å². The number of hydrogen-bond donors (Lipinski definition) is 2. The second-order valence-electron chi connectivity index (χ2n) is 7.27. The Morgan fingerprint density at radius 3 is 2.82 bits per heavy atom. The monoisotopic (exact) mass is 382 g/mol. The number of piperidine rings is 1. The fourth-order valence-corrected chi connectivity index (χ4v) is 3.29. The van der Waals surface area contributed by atoms with Crippen molar-refractivity contribution in [2.45, 2.75) is 39.7 Å². The number of benzene rings is 1. The summed E-state index contributed by atoms with van der Waals surface area (Å²) in [4.78, 5) is 21.3. The van der Waals surface area contributed by atoms with Gasteiger partial charge >= 0.3 is 0 Å². The van der Waals surface area contributed by atoms with E-state index in [0.29, 0.717) is 24.7 Å². The molecule has 0 radical (unpaired) electrons. The Bertz CT molecular complexity index is 854. The highest BCUT2D eigenvalue weighted by Gasteiger charge is 2.10. The van der Waals surface area contributed by atoms with Crippen LogP contribution in [-0.2, 0) is 6.54 Å². The average molecular weight is 383 g/mol. The van der Waals surface area contributed by atoms with Gasteiger partial charge in [-0.3, -0.25) is 14.7 Å². The highest BCUT2D eigenvalue weighted by Crippen LogP contribution is 2.17. The number of rotatable bonds is 8. The van der Waals surface area contributed by atoms with Crippen LogP contribution in [-0.4, -0.2) is 41.1 Å². The molecule has 150 valence electrons. The van der Waals surface area contributed by atoms with Crippen LogP contribution in [0.15, 0.2) is 41.2 Å². The summed E-state index contributed by atoms with van der Waals surface area (Å²) in [6.07, 6.45) is 7.90. The lowest BCUT2D eigenvalue weighted by molar-refractivity contribution is 0.220. The third kappa shape index (κ3) is 5.96. The van der Waals surface area contributed by atoms with Crippen LogP contribution in [0.5, 0.6) is 5.75 Å². The average Bonchev–Trinajstić information content (AvgIpc) is 2.70. The number of ether oxygens (including phenoxy) is 1. The molecule has 0 aliphatic carbocycles. The first kappa shape index (κ1) is 20.1. The minimum Gasteiger partial charge on any atom is -0.490 e. The number of hydrogen-bond acceptors (Lipinski definition) is 5. The molecule has 2 heterocycles. The van der Waals surface area contributed by atoms with E-state index in [1.165, 1.54) is 37.9 Å².